The summed E-state index contributed by atoms with van der Waals surface area (Å²) in [5.74, 6) is 0.497. The second-order valence-corrected chi connectivity index (χ2v) is 5.37. The van der Waals surface area contributed by atoms with Crippen molar-refractivity contribution in [2.45, 2.75) is 33.3 Å². The van der Waals surface area contributed by atoms with E-state index in [0.717, 1.165) is 30.8 Å². The molecule has 1 saturated heterocycles. The van der Waals surface area contributed by atoms with Crippen LogP contribution in [0, 0.1) is 19.8 Å². The molecule has 1 aliphatic heterocycles. The zero-order valence-corrected chi connectivity index (χ0v) is 11.9. The van der Waals surface area contributed by atoms with Gasteiger partial charge in [0.05, 0.1) is 13.2 Å². The van der Waals surface area contributed by atoms with E-state index >= 15 is 0 Å². The van der Waals surface area contributed by atoms with Crippen LogP contribution in [0.5, 0.6) is 0 Å². The van der Waals surface area contributed by atoms with Crippen molar-refractivity contribution in [1.82, 2.24) is 0 Å². The Labute approximate surface area is 114 Å². The predicted octanol–water partition coefficient (Wildman–Crippen LogP) is 2.93. The van der Waals surface area contributed by atoms with Gasteiger partial charge in [0.1, 0.15) is 6.10 Å². The molecular weight excluding hydrogens is 240 g/mol. The fourth-order valence-corrected chi connectivity index (χ4v) is 2.20. The number of hydrogen-bond donors (Lipinski definition) is 0. The highest BCUT2D eigenvalue weighted by Gasteiger charge is 2.20. The Balaban J connectivity index is 1.92. The first-order valence-electron chi connectivity index (χ1n) is 6.88. The quantitative estimate of drug-likeness (QED) is 0.765. The van der Waals surface area contributed by atoms with Crippen LogP contribution in [-0.4, -0.2) is 31.7 Å². The number of hydrogen-bond acceptors (Lipinski definition) is 3. The summed E-state index contributed by atoms with van der Waals surface area (Å²) in [6.45, 7) is 8.07. The molecule has 1 heterocycles. The maximum Gasteiger partial charge on any atom is 0.191 e. The maximum absolute atomic E-state index is 12.3. The van der Waals surface area contributed by atoms with Crippen LogP contribution in [0.25, 0.3) is 0 Å². The number of rotatable bonds is 5. The van der Waals surface area contributed by atoms with Crippen molar-refractivity contribution < 1.29 is 14.3 Å². The van der Waals surface area contributed by atoms with Crippen LogP contribution in [0.1, 0.15) is 34.8 Å². The van der Waals surface area contributed by atoms with Gasteiger partial charge in [0.15, 0.2) is 5.78 Å². The van der Waals surface area contributed by atoms with Crippen molar-refractivity contribution in [2.75, 3.05) is 19.8 Å². The van der Waals surface area contributed by atoms with Gasteiger partial charge in [-0.25, -0.2) is 0 Å². The van der Waals surface area contributed by atoms with Gasteiger partial charge in [-0.05, 0) is 44.4 Å². The van der Waals surface area contributed by atoms with E-state index in [-0.39, 0.29) is 11.9 Å². The normalized spacial score (nSPS) is 20.5. The summed E-state index contributed by atoms with van der Waals surface area (Å²) in [6.07, 6.45) is 0.646. The van der Waals surface area contributed by atoms with Crippen molar-refractivity contribution in [1.29, 1.82) is 0 Å². The average Bonchev–Trinajstić information content (AvgIpc) is 2.91. The van der Waals surface area contributed by atoms with Gasteiger partial charge < -0.3 is 9.47 Å². The number of ketones is 1. The highest BCUT2D eigenvalue weighted by molar-refractivity contribution is 5.99. The molecule has 2 rings (SSSR count). The summed E-state index contributed by atoms with van der Waals surface area (Å²) in [5.41, 5.74) is 3.08. The first-order chi connectivity index (χ1) is 9.08. The topological polar surface area (TPSA) is 35.5 Å². The smallest absolute Gasteiger partial charge is 0.191 e. The summed E-state index contributed by atoms with van der Waals surface area (Å²) >= 11 is 0. The van der Waals surface area contributed by atoms with E-state index in [4.69, 9.17) is 9.47 Å². The highest BCUT2D eigenvalue weighted by atomic mass is 16.5. The first kappa shape index (κ1) is 14.2. The van der Waals surface area contributed by atoms with Crippen LogP contribution in [0.15, 0.2) is 18.2 Å². The third-order valence-electron chi connectivity index (χ3n) is 3.77. The van der Waals surface area contributed by atoms with E-state index < -0.39 is 0 Å². The summed E-state index contributed by atoms with van der Waals surface area (Å²) in [6, 6.07) is 5.81. The molecule has 0 amide bonds. The zero-order valence-electron chi connectivity index (χ0n) is 11.9. The minimum absolute atomic E-state index is 0.0574. The molecule has 19 heavy (non-hydrogen) atoms. The molecule has 1 aromatic carbocycles. The monoisotopic (exact) mass is 262 g/mol. The molecule has 0 radical (unpaired) electrons. The molecule has 1 aromatic rings. The molecule has 0 spiro atoms. The highest BCUT2D eigenvalue weighted by Crippen LogP contribution is 2.16. The number of carbonyl (C=O) groups excluding carboxylic acids is 1. The molecule has 2 unspecified atom stereocenters. The van der Waals surface area contributed by atoms with Crippen LogP contribution >= 0.6 is 0 Å². The van der Waals surface area contributed by atoms with Gasteiger partial charge in [-0.1, -0.05) is 12.1 Å². The lowest BCUT2D eigenvalue weighted by Crippen LogP contribution is -2.24. The van der Waals surface area contributed by atoms with E-state index in [0.29, 0.717) is 12.5 Å². The molecule has 2 atom stereocenters. The molecule has 0 saturated carbocycles. The van der Waals surface area contributed by atoms with Crippen LogP contribution in [0.4, 0.5) is 0 Å². The predicted molar refractivity (Wildman–Crippen MR) is 74.6 cm³/mol. The Morgan fingerprint density at radius 2 is 2.21 bits per heavy atom. The summed E-state index contributed by atoms with van der Waals surface area (Å²) in [7, 11) is 0. The lowest BCUT2D eigenvalue weighted by atomic mass is 10.0. The third-order valence-corrected chi connectivity index (χ3v) is 3.77. The van der Waals surface area contributed by atoms with E-state index in [1.54, 1.807) is 0 Å². The Morgan fingerprint density at radius 3 is 2.84 bits per heavy atom. The van der Waals surface area contributed by atoms with E-state index in [2.05, 4.69) is 0 Å². The number of Topliss-reactive ketones (excluding diaryl/α,β-unsaturated/α-hetero) is 1. The Morgan fingerprint density at radius 1 is 1.42 bits per heavy atom. The summed E-state index contributed by atoms with van der Waals surface area (Å²) in [4.78, 5) is 12.3. The van der Waals surface area contributed by atoms with E-state index in [1.165, 1.54) is 5.56 Å². The molecule has 0 N–H and O–H groups in total. The lowest BCUT2D eigenvalue weighted by Gasteiger charge is -2.15. The van der Waals surface area contributed by atoms with Gasteiger partial charge >= 0.3 is 0 Å². The molecule has 3 nitrogen and oxygen atoms in total. The number of ether oxygens (including phenoxy) is 2. The van der Waals surface area contributed by atoms with Crippen molar-refractivity contribution >= 4 is 5.78 Å². The van der Waals surface area contributed by atoms with Crippen LogP contribution in [0.2, 0.25) is 0 Å². The fourth-order valence-electron chi connectivity index (χ4n) is 2.20. The standard InChI is InChI=1S/C16H22O3/c1-11-4-5-15(8-12(11)2)16(17)13(3)19-10-14-6-7-18-9-14/h4-5,8,13-14H,6-7,9-10H2,1-3H3. The van der Waals surface area contributed by atoms with Crippen molar-refractivity contribution in [2.24, 2.45) is 5.92 Å². The minimum atomic E-state index is -0.386. The first-order valence-corrected chi connectivity index (χ1v) is 6.88. The zero-order chi connectivity index (χ0) is 13.8. The second-order valence-electron chi connectivity index (χ2n) is 5.37. The van der Waals surface area contributed by atoms with E-state index in [9.17, 15) is 4.79 Å². The van der Waals surface area contributed by atoms with Gasteiger partial charge in [0.25, 0.3) is 0 Å². The number of carbonyl (C=O) groups is 1. The van der Waals surface area contributed by atoms with E-state index in [1.807, 2.05) is 39.0 Å². The molecule has 0 aliphatic carbocycles. The lowest BCUT2D eigenvalue weighted by molar-refractivity contribution is 0.0322. The average molecular weight is 262 g/mol. The van der Waals surface area contributed by atoms with Gasteiger partial charge in [-0.15, -0.1) is 0 Å². The molecular formula is C16H22O3. The molecule has 1 fully saturated rings. The summed E-state index contributed by atoms with van der Waals surface area (Å²) in [5, 5.41) is 0. The van der Waals surface area contributed by atoms with Gasteiger partial charge in [0, 0.05) is 18.1 Å². The molecule has 0 bridgehead atoms. The number of aryl methyl sites for hydroxylation is 2. The molecule has 3 heteroatoms. The fraction of sp³-hybridized carbons (Fsp3) is 0.562. The summed E-state index contributed by atoms with van der Waals surface area (Å²) < 4.78 is 11.0. The minimum Gasteiger partial charge on any atom is -0.381 e. The van der Waals surface area contributed by atoms with Gasteiger partial charge in [0.2, 0.25) is 0 Å². The largest absolute Gasteiger partial charge is 0.381 e. The molecule has 1 aliphatic rings. The van der Waals surface area contributed by atoms with Crippen LogP contribution in [0.3, 0.4) is 0 Å². The Kier molecular flexibility index (Phi) is 4.72. The molecule has 104 valence electrons. The SMILES string of the molecule is Cc1ccc(C(=O)C(C)OCC2CCOC2)cc1C. The maximum atomic E-state index is 12.3. The van der Waals surface area contributed by atoms with Crippen molar-refractivity contribution in [3.8, 4) is 0 Å². The van der Waals surface area contributed by atoms with Crippen LogP contribution < -0.4 is 0 Å². The van der Waals surface area contributed by atoms with Crippen molar-refractivity contribution in [3.63, 3.8) is 0 Å². The van der Waals surface area contributed by atoms with Crippen molar-refractivity contribution in [3.05, 3.63) is 34.9 Å². The molecule has 0 aromatic heterocycles. The Hall–Kier alpha value is -1.19. The van der Waals surface area contributed by atoms with Crippen LogP contribution in [-0.2, 0) is 9.47 Å². The second kappa shape index (κ2) is 6.31. The Bertz CT molecular complexity index is 447. The number of benzene rings is 1. The van der Waals surface area contributed by atoms with Gasteiger partial charge in [-0.2, -0.15) is 0 Å². The van der Waals surface area contributed by atoms with Gasteiger partial charge in [-0.3, -0.25) is 4.79 Å². The third kappa shape index (κ3) is 3.64.